The number of hydrogen-bond donors (Lipinski definition) is 6. The van der Waals surface area contributed by atoms with Gasteiger partial charge in [0.1, 0.15) is 36.6 Å². The Bertz CT molecular complexity index is 337. The van der Waals surface area contributed by atoms with Gasteiger partial charge < -0.3 is 44.9 Å². The maximum atomic E-state index is 11.0. The summed E-state index contributed by atoms with van der Waals surface area (Å²) in [5.74, 6) is 0. The SMILES string of the molecule is C[C@H](O)[C@@H](O)[C@@H](O)[C@H](C=O)O[C@@H]1O[C@@H](C)[C@H](O)[C@@H](O)[C@H]1O. The van der Waals surface area contributed by atoms with Crippen molar-refractivity contribution in [3.05, 3.63) is 0 Å². The number of rotatable bonds is 6. The van der Waals surface area contributed by atoms with E-state index in [1.165, 1.54) is 13.8 Å². The van der Waals surface area contributed by atoms with E-state index < -0.39 is 55.1 Å². The lowest BCUT2D eigenvalue weighted by atomic mass is 9.99. The van der Waals surface area contributed by atoms with E-state index in [1.807, 2.05) is 0 Å². The predicted octanol–water partition coefficient (Wildman–Crippen LogP) is -3.50. The van der Waals surface area contributed by atoms with Gasteiger partial charge in [0.2, 0.25) is 0 Å². The van der Waals surface area contributed by atoms with Crippen LogP contribution in [0.25, 0.3) is 0 Å². The van der Waals surface area contributed by atoms with Crippen molar-refractivity contribution in [3.63, 3.8) is 0 Å². The fourth-order valence-electron chi connectivity index (χ4n) is 1.95. The average molecular weight is 310 g/mol. The fourth-order valence-corrected chi connectivity index (χ4v) is 1.95. The first kappa shape index (κ1) is 18.4. The van der Waals surface area contributed by atoms with Crippen molar-refractivity contribution in [3.8, 4) is 0 Å². The molecule has 0 unspecified atom stereocenters. The highest BCUT2D eigenvalue weighted by Crippen LogP contribution is 2.23. The van der Waals surface area contributed by atoms with Crippen molar-refractivity contribution in [1.29, 1.82) is 0 Å². The first-order valence-corrected chi connectivity index (χ1v) is 6.55. The molecule has 0 bridgehead atoms. The molecule has 21 heavy (non-hydrogen) atoms. The number of aliphatic hydroxyl groups is 6. The Balaban J connectivity index is 2.74. The molecule has 9 nitrogen and oxygen atoms in total. The number of carbonyl (C=O) groups excluding carboxylic acids is 1. The summed E-state index contributed by atoms with van der Waals surface area (Å²) in [4.78, 5) is 11.0. The van der Waals surface area contributed by atoms with Gasteiger partial charge in [-0.05, 0) is 13.8 Å². The van der Waals surface area contributed by atoms with Crippen molar-refractivity contribution >= 4 is 6.29 Å². The molecule has 1 rings (SSSR count). The van der Waals surface area contributed by atoms with Crippen LogP contribution in [0.2, 0.25) is 0 Å². The molecule has 0 aromatic carbocycles. The number of hydrogen-bond acceptors (Lipinski definition) is 9. The maximum Gasteiger partial charge on any atom is 0.187 e. The van der Waals surface area contributed by atoms with Gasteiger partial charge in [0, 0.05) is 0 Å². The molecule has 0 radical (unpaired) electrons. The molecule has 1 saturated heterocycles. The normalized spacial score (nSPS) is 39.3. The topological polar surface area (TPSA) is 157 Å². The molecule has 0 amide bonds. The molecular weight excluding hydrogens is 288 g/mol. The minimum absolute atomic E-state index is 0.175. The molecule has 0 saturated carbocycles. The molecular formula is C12H22O9. The second kappa shape index (κ2) is 7.56. The Hall–Kier alpha value is -0.650. The highest BCUT2D eigenvalue weighted by atomic mass is 16.7. The number of ether oxygens (including phenoxy) is 2. The lowest BCUT2D eigenvalue weighted by Crippen LogP contribution is -2.59. The molecule has 0 aromatic rings. The second-order valence-corrected chi connectivity index (χ2v) is 5.14. The first-order valence-electron chi connectivity index (χ1n) is 6.55. The molecule has 0 aromatic heterocycles. The van der Waals surface area contributed by atoms with Gasteiger partial charge in [0.05, 0.1) is 12.2 Å². The van der Waals surface area contributed by atoms with Gasteiger partial charge in [0.15, 0.2) is 12.6 Å². The van der Waals surface area contributed by atoms with E-state index in [-0.39, 0.29) is 6.29 Å². The average Bonchev–Trinajstić information content (AvgIpc) is 2.45. The Labute approximate surface area is 121 Å². The second-order valence-electron chi connectivity index (χ2n) is 5.14. The largest absolute Gasteiger partial charge is 0.391 e. The highest BCUT2D eigenvalue weighted by molar-refractivity contribution is 5.57. The van der Waals surface area contributed by atoms with E-state index in [9.17, 15) is 35.4 Å². The minimum Gasteiger partial charge on any atom is -0.391 e. The molecule has 124 valence electrons. The van der Waals surface area contributed by atoms with Crippen LogP contribution in [0.5, 0.6) is 0 Å². The van der Waals surface area contributed by atoms with Gasteiger partial charge in [-0.15, -0.1) is 0 Å². The zero-order valence-electron chi connectivity index (χ0n) is 11.7. The van der Waals surface area contributed by atoms with Gasteiger partial charge in [-0.2, -0.15) is 0 Å². The molecule has 1 heterocycles. The van der Waals surface area contributed by atoms with Crippen LogP contribution in [-0.4, -0.2) is 92.0 Å². The Morgan fingerprint density at radius 1 is 1.05 bits per heavy atom. The standard InChI is InChI=1S/C12H22O9/c1-4(14)7(15)9(17)6(3-13)21-12-11(19)10(18)8(16)5(2)20-12/h3-12,14-19H,1-2H3/t4-,5-,6-,7+,8-,9-,10+,11+,12-/m0/s1. The number of carbonyl (C=O) groups is 1. The van der Waals surface area contributed by atoms with Crippen LogP contribution >= 0.6 is 0 Å². The van der Waals surface area contributed by atoms with Crippen molar-refractivity contribution in [2.75, 3.05) is 0 Å². The monoisotopic (exact) mass is 310 g/mol. The van der Waals surface area contributed by atoms with Crippen molar-refractivity contribution in [2.24, 2.45) is 0 Å². The zero-order chi connectivity index (χ0) is 16.3. The molecule has 0 spiro atoms. The molecule has 0 aliphatic carbocycles. The van der Waals surface area contributed by atoms with E-state index >= 15 is 0 Å². The van der Waals surface area contributed by atoms with Crippen LogP contribution in [-0.2, 0) is 14.3 Å². The maximum absolute atomic E-state index is 11.0. The first-order chi connectivity index (χ1) is 9.70. The third-order valence-corrected chi connectivity index (χ3v) is 3.41. The van der Waals surface area contributed by atoms with E-state index in [0.29, 0.717) is 0 Å². The molecule has 1 aliphatic rings. The van der Waals surface area contributed by atoms with E-state index in [2.05, 4.69) is 0 Å². The van der Waals surface area contributed by atoms with Crippen LogP contribution in [0.3, 0.4) is 0 Å². The van der Waals surface area contributed by atoms with Gasteiger partial charge in [-0.1, -0.05) is 0 Å². The Morgan fingerprint density at radius 3 is 2.10 bits per heavy atom. The molecule has 9 atom stereocenters. The Morgan fingerprint density at radius 2 is 1.62 bits per heavy atom. The van der Waals surface area contributed by atoms with Crippen molar-refractivity contribution in [2.45, 2.75) is 69.0 Å². The van der Waals surface area contributed by atoms with Gasteiger partial charge in [-0.25, -0.2) is 0 Å². The van der Waals surface area contributed by atoms with E-state index in [4.69, 9.17) is 9.47 Å². The van der Waals surface area contributed by atoms with Crippen LogP contribution in [0.4, 0.5) is 0 Å². The summed E-state index contributed by atoms with van der Waals surface area (Å²) in [6, 6.07) is 0. The fraction of sp³-hybridized carbons (Fsp3) is 0.917. The summed E-state index contributed by atoms with van der Waals surface area (Å²) in [7, 11) is 0. The molecule has 6 N–H and O–H groups in total. The Kier molecular flexibility index (Phi) is 6.63. The van der Waals surface area contributed by atoms with Crippen LogP contribution < -0.4 is 0 Å². The zero-order valence-corrected chi connectivity index (χ0v) is 11.7. The summed E-state index contributed by atoms with van der Waals surface area (Å²) in [6.07, 6.45) is -13.0. The minimum atomic E-state index is -1.75. The van der Waals surface area contributed by atoms with Gasteiger partial charge in [0.25, 0.3) is 0 Å². The molecule has 1 fully saturated rings. The third kappa shape index (κ3) is 4.18. The lowest BCUT2D eigenvalue weighted by molar-refractivity contribution is -0.308. The predicted molar refractivity (Wildman–Crippen MR) is 67.0 cm³/mol. The summed E-state index contributed by atoms with van der Waals surface area (Å²) in [5, 5.41) is 57.3. The van der Waals surface area contributed by atoms with E-state index in [0.717, 1.165) is 0 Å². The van der Waals surface area contributed by atoms with Crippen LogP contribution in [0.15, 0.2) is 0 Å². The third-order valence-electron chi connectivity index (χ3n) is 3.41. The molecule has 9 heteroatoms. The lowest BCUT2D eigenvalue weighted by Gasteiger charge is -2.40. The summed E-state index contributed by atoms with van der Waals surface area (Å²) in [5.41, 5.74) is 0. The van der Waals surface area contributed by atoms with Gasteiger partial charge >= 0.3 is 0 Å². The summed E-state index contributed by atoms with van der Waals surface area (Å²) >= 11 is 0. The van der Waals surface area contributed by atoms with Crippen LogP contribution in [0, 0.1) is 0 Å². The summed E-state index contributed by atoms with van der Waals surface area (Å²) in [6.45, 7) is 2.64. The quantitative estimate of drug-likeness (QED) is 0.274. The van der Waals surface area contributed by atoms with Crippen LogP contribution in [0.1, 0.15) is 13.8 Å². The number of aliphatic hydroxyl groups excluding tert-OH is 6. The highest BCUT2D eigenvalue weighted by Gasteiger charge is 2.44. The number of aldehydes is 1. The molecule has 1 aliphatic heterocycles. The van der Waals surface area contributed by atoms with Crippen molar-refractivity contribution in [1.82, 2.24) is 0 Å². The van der Waals surface area contributed by atoms with Gasteiger partial charge in [-0.3, -0.25) is 0 Å². The smallest absolute Gasteiger partial charge is 0.187 e. The van der Waals surface area contributed by atoms with E-state index in [1.54, 1.807) is 0 Å². The van der Waals surface area contributed by atoms with Crippen molar-refractivity contribution < 1.29 is 44.9 Å². The summed E-state index contributed by atoms with van der Waals surface area (Å²) < 4.78 is 10.2.